The number of benzene rings is 1. The van der Waals surface area contributed by atoms with Crippen LogP contribution in [0.3, 0.4) is 0 Å². The molecule has 0 amide bonds. The molecule has 1 aromatic carbocycles. The minimum atomic E-state index is -3.53. The molecule has 0 saturated carbocycles. The lowest BCUT2D eigenvalue weighted by Crippen LogP contribution is -2.41. The Kier molecular flexibility index (Phi) is 5.72. The third-order valence-corrected chi connectivity index (χ3v) is 4.84. The molecule has 4 nitrogen and oxygen atoms in total. The van der Waals surface area contributed by atoms with Gasteiger partial charge in [-0.05, 0) is 18.6 Å². The van der Waals surface area contributed by atoms with Crippen LogP contribution in [0.1, 0.15) is 16.8 Å². The first kappa shape index (κ1) is 15.9. The van der Waals surface area contributed by atoms with E-state index in [0.717, 1.165) is 0 Å². The zero-order valence-corrected chi connectivity index (χ0v) is 12.1. The van der Waals surface area contributed by atoms with Crippen LogP contribution in [0.15, 0.2) is 42.3 Å². The fourth-order valence-electron chi connectivity index (χ4n) is 1.83. The van der Waals surface area contributed by atoms with E-state index in [2.05, 4.69) is 13.2 Å². The van der Waals surface area contributed by atoms with E-state index < -0.39 is 10.0 Å². The summed E-state index contributed by atoms with van der Waals surface area (Å²) in [5.74, 6) is 0.215. The van der Waals surface area contributed by atoms with Crippen LogP contribution < -0.4 is 0 Å². The van der Waals surface area contributed by atoms with Crippen molar-refractivity contribution in [1.82, 2.24) is 4.31 Å². The summed E-state index contributed by atoms with van der Waals surface area (Å²) in [5, 5.41) is 0. The number of hydrogen-bond acceptors (Lipinski definition) is 3. The monoisotopic (exact) mass is 301 g/mol. The average molecular weight is 302 g/mol. The van der Waals surface area contributed by atoms with Gasteiger partial charge in [-0.15, -0.1) is 24.8 Å². The van der Waals surface area contributed by atoms with E-state index in [9.17, 15) is 13.2 Å². The number of nitrogens with zero attached hydrogens (tertiary/aromatic N) is 1. The van der Waals surface area contributed by atoms with E-state index in [-0.39, 0.29) is 29.3 Å². The van der Waals surface area contributed by atoms with Crippen molar-refractivity contribution in [3.8, 4) is 0 Å². The maximum atomic E-state index is 12.2. The van der Waals surface area contributed by atoms with E-state index in [1.807, 2.05) is 0 Å². The molecule has 19 heavy (non-hydrogen) atoms. The fourth-order valence-corrected chi connectivity index (χ4v) is 3.59. The maximum Gasteiger partial charge on any atom is 0.244 e. The lowest BCUT2D eigenvalue weighted by molar-refractivity contribution is 0.0956. The van der Waals surface area contributed by atoms with E-state index in [1.165, 1.54) is 10.4 Å². The zero-order valence-electron chi connectivity index (χ0n) is 10.5. The normalized spacial score (nSPS) is 17.2. The Labute approximate surface area is 118 Å². The van der Waals surface area contributed by atoms with Gasteiger partial charge in [-0.2, -0.15) is 4.31 Å². The van der Waals surface area contributed by atoms with Gasteiger partial charge < -0.3 is 0 Å². The molecule has 1 heterocycles. The summed E-state index contributed by atoms with van der Waals surface area (Å²) in [7, 11) is -3.53. The number of alkyl halides is 1. The molecule has 0 aliphatic carbocycles. The number of ketones is 1. The average Bonchev–Trinajstić information content (AvgIpc) is 2.44. The van der Waals surface area contributed by atoms with Crippen molar-refractivity contribution in [2.75, 3.05) is 19.0 Å². The van der Waals surface area contributed by atoms with Crippen molar-refractivity contribution in [2.24, 2.45) is 0 Å². The van der Waals surface area contributed by atoms with Crippen LogP contribution >= 0.6 is 11.6 Å². The smallest absolute Gasteiger partial charge is 0.244 e. The van der Waals surface area contributed by atoms with Crippen LogP contribution in [0.2, 0.25) is 0 Å². The third kappa shape index (κ3) is 3.23. The molecular formula is C13H16ClNO3S. The second kappa shape index (κ2) is 6.84. The number of fused-ring (bicyclic) bond motifs is 1. The molecule has 1 aromatic rings. The predicted molar refractivity (Wildman–Crippen MR) is 76.1 cm³/mol. The van der Waals surface area contributed by atoms with Gasteiger partial charge in [-0.25, -0.2) is 8.42 Å². The summed E-state index contributed by atoms with van der Waals surface area (Å²) >= 11 is 5.54. The van der Waals surface area contributed by atoms with Gasteiger partial charge in [-0.1, -0.05) is 12.1 Å². The first-order valence-electron chi connectivity index (χ1n) is 5.75. The van der Waals surface area contributed by atoms with Crippen LogP contribution in [0.4, 0.5) is 0 Å². The molecule has 2 rings (SSSR count). The van der Waals surface area contributed by atoms with Gasteiger partial charge in [0.15, 0.2) is 5.78 Å². The number of carbonyl (C=O) groups excluding carboxylic acids is 1. The van der Waals surface area contributed by atoms with Gasteiger partial charge in [0, 0.05) is 18.0 Å². The van der Waals surface area contributed by atoms with Crippen molar-refractivity contribution >= 4 is 27.4 Å². The molecule has 0 N–H and O–H groups in total. The van der Waals surface area contributed by atoms with Crippen LogP contribution in [0.5, 0.6) is 0 Å². The van der Waals surface area contributed by atoms with Crippen molar-refractivity contribution in [1.29, 1.82) is 0 Å². The first-order chi connectivity index (χ1) is 9.07. The summed E-state index contributed by atoms with van der Waals surface area (Å²) in [6.45, 7) is 6.20. The molecule has 0 radical (unpaired) electrons. The van der Waals surface area contributed by atoms with E-state index in [0.29, 0.717) is 12.3 Å². The Morgan fingerprint density at radius 3 is 2.53 bits per heavy atom. The lowest BCUT2D eigenvalue weighted by atomic mass is 10.1. The van der Waals surface area contributed by atoms with Crippen LogP contribution in [0, 0.1) is 0 Å². The number of hydrogen-bond donors (Lipinski definition) is 0. The first-order valence-corrected chi connectivity index (χ1v) is 7.73. The molecule has 1 aliphatic rings. The number of carbonyl (C=O) groups is 1. The van der Waals surface area contributed by atoms with Crippen molar-refractivity contribution in [3.63, 3.8) is 0 Å². The maximum absolute atomic E-state index is 12.2. The van der Waals surface area contributed by atoms with Crippen molar-refractivity contribution < 1.29 is 13.2 Å². The Balaban J connectivity index is 0.000000861. The summed E-state index contributed by atoms with van der Waals surface area (Å²) < 4.78 is 25.6. The molecule has 0 aromatic heterocycles. The third-order valence-electron chi connectivity index (χ3n) is 2.67. The molecule has 0 fully saturated rings. The lowest BCUT2D eigenvalue weighted by Gasteiger charge is -2.26. The van der Waals surface area contributed by atoms with Gasteiger partial charge in [0.2, 0.25) is 10.0 Å². The molecule has 104 valence electrons. The molecule has 0 bridgehead atoms. The number of Topliss-reactive ketones (excluding diaryl/α,β-unsaturated/α-hetero) is 1. The predicted octanol–water partition coefficient (Wildman–Crippen LogP) is 2.30. The van der Waals surface area contributed by atoms with Crippen LogP contribution in [-0.2, 0) is 10.0 Å². The fraction of sp³-hybridized carbons (Fsp3) is 0.308. The van der Waals surface area contributed by atoms with Gasteiger partial charge in [0.1, 0.15) is 0 Å². The second-order valence-electron chi connectivity index (χ2n) is 3.80. The summed E-state index contributed by atoms with van der Waals surface area (Å²) in [6, 6.07) is 6.30. The number of rotatable bonds is 3. The number of halogens is 1. The molecule has 0 atom stereocenters. The molecule has 0 spiro atoms. The topological polar surface area (TPSA) is 54.5 Å². The van der Waals surface area contributed by atoms with Crippen molar-refractivity contribution in [3.05, 3.63) is 43.0 Å². The van der Waals surface area contributed by atoms with Crippen molar-refractivity contribution in [2.45, 2.75) is 11.3 Å². The Bertz CT molecular complexity index is 557. The minimum Gasteiger partial charge on any atom is -0.293 e. The highest BCUT2D eigenvalue weighted by atomic mass is 35.5. The highest BCUT2D eigenvalue weighted by Crippen LogP contribution is 2.25. The van der Waals surface area contributed by atoms with E-state index >= 15 is 0 Å². The van der Waals surface area contributed by atoms with Gasteiger partial charge in [-0.3, -0.25) is 4.79 Å². The molecular weight excluding hydrogens is 286 g/mol. The highest BCUT2D eigenvalue weighted by molar-refractivity contribution is 7.89. The van der Waals surface area contributed by atoms with Gasteiger partial charge in [0.25, 0.3) is 0 Å². The SMILES string of the molecule is C=C.O=C1CN(CCCCl)S(=O)(=O)c2ccccc21. The van der Waals surface area contributed by atoms with E-state index in [4.69, 9.17) is 11.6 Å². The second-order valence-corrected chi connectivity index (χ2v) is 6.08. The largest absolute Gasteiger partial charge is 0.293 e. The Hall–Kier alpha value is -1.17. The summed E-state index contributed by atoms with van der Waals surface area (Å²) in [4.78, 5) is 11.9. The molecule has 1 aliphatic heterocycles. The summed E-state index contributed by atoms with van der Waals surface area (Å²) in [6.07, 6.45) is 0.538. The van der Waals surface area contributed by atoms with Crippen LogP contribution in [0.25, 0.3) is 0 Å². The van der Waals surface area contributed by atoms with Gasteiger partial charge in [0.05, 0.1) is 11.4 Å². The van der Waals surface area contributed by atoms with Gasteiger partial charge >= 0.3 is 0 Å². The Morgan fingerprint density at radius 1 is 1.26 bits per heavy atom. The van der Waals surface area contributed by atoms with Crippen LogP contribution in [-0.4, -0.2) is 37.5 Å². The quantitative estimate of drug-likeness (QED) is 0.636. The number of sulfonamides is 1. The highest BCUT2D eigenvalue weighted by Gasteiger charge is 2.34. The summed E-state index contributed by atoms with van der Waals surface area (Å²) in [5.41, 5.74) is 0.287. The van der Waals surface area contributed by atoms with E-state index in [1.54, 1.807) is 18.2 Å². The minimum absolute atomic E-state index is 0.0871. The molecule has 0 unspecified atom stereocenters. The molecule has 6 heteroatoms. The molecule has 0 saturated heterocycles. The zero-order chi connectivity index (χ0) is 14.5. The Morgan fingerprint density at radius 2 is 1.89 bits per heavy atom. The standard InChI is InChI=1S/C11H12ClNO3S.C2H4/c12-6-3-7-13-8-10(14)9-4-1-2-5-11(9)17(13,15)16;1-2/h1-2,4-5H,3,6-8H2;1-2H2.